The molecule has 0 radical (unpaired) electrons. The number of halogens is 3. The summed E-state index contributed by atoms with van der Waals surface area (Å²) in [5.74, 6) is 1.61. The highest BCUT2D eigenvalue weighted by atomic mass is 19.4. The van der Waals surface area contributed by atoms with E-state index in [1.54, 1.807) is 4.57 Å². The maximum Gasteiger partial charge on any atom is 0.434 e. The van der Waals surface area contributed by atoms with Crippen LogP contribution in [0.5, 0.6) is 0 Å². The number of hydrogen-bond donors (Lipinski definition) is 1. The minimum Gasteiger partial charge on any atom is -0.393 e. The summed E-state index contributed by atoms with van der Waals surface area (Å²) in [6.45, 7) is 4.63. The van der Waals surface area contributed by atoms with Gasteiger partial charge >= 0.3 is 6.18 Å². The molecule has 158 valence electrons. The molecule has 0 spiro atoms. The van der Waals surface area contributed by atoms with E-state index >= 15 is 0 Å². The molecule has 1 N–H and O–H groups in total. The summed E-state index contributed by atoms with van der Waals surface area (Å²) in [5.41, 5.74) is 1.67. The number of rotatable bonds is 1. The Morgan fingerprint density at radius 2 is 1.83 bits per heavy atom. The van der Waals surface area contributed by atoms with Crippen LogP contribution < -0.4 is 0 Å². The van der Waals surface area contributed by atoms with Gasteiger partial charge in [0.25, 0.3) is 0 Å². The van der Waals surface area contributed by atoms with Crippen molar-refractivity contribution in [3.05, 3.63) is 35.9 Å². The maximum atomic E-state index is 13.0. The van der Waals surface area contributed by atoms with Crippen molar-refractivity contribution in [3.63, 3.8) is 0 Å². The van der Waals surface area contributed by atoms with Crippen LogP contribution in [0.3, 0.4) is 0 Å². The molecule has 29 heavy (non-hydrogen) atoms. The molecule has 0 amide bonds. The van der Waals surface area contributed by atoms with Crippen LogP contribution in [0.2, 0.25) is 0 Å². The van der Waals surface area contributed by atoms with Crippen molar-refractivity contribution >= 4 is 5.70 Å². The van der Waals surface area contributed by atoms with Gasteiger partial charge in [-0.05, 0) is 68.1 Å². The Bertz CT molecular complexity index is 885. The van der Waals surface area contributed by atoms with E-state index in [9.17, 15) is 18.3 Å². The third-order valence-corrected chi connectivity index (χ3v) is 8.77. The molecular weight excluding hydrogens is 377 g/mol. The Morgan fingerprint density at radius 3 is 2.55 bits per heavy atom. The molecule has 3 unspecified atom stereocenters. The molecule has 0 aliphatic heterocycles. The lowest BCUT2D eigenvalue weighted by molar-refractivity contribution is -0.140. The Labute approximate surface area is 169 Å². The summed E-state index contributed by atoms with van der Waals surface area (Å²) < 4.78 is 40.8. The molecule has 6 atom stereocenters. The third-order valence-electron chi connectivity index (χ3n) is 8.77. The van der Waals surface area contributed by atoms with Gasteiger partial charge in [-0.1, -0.05) is 31.6 Å². The molecule has 2 fully saturated rings. The van der Waals surface area contributed by atoms with E-state index in [-0.39, 0.29) is 16.9 Å². The Hall–Kier alpha value is -1.56. The predicted molar refractivity (Wildman–Crippen MR) is 105 cm³/mol. The highest BCUT2D eigenvalue weighted by Crippen LogP contribution is 2.65. The van der Waals surface area contributed by atoms with Gasteiger partial charge in [0.15, 0.2) is 5.69 Å². The Kier molecular flexibility index (Phi) is 4.16. The maximum absolute atomic E-state index is 13.0. The van der Waals surface area contributed by atoms with E-state index in [2.05, 4.69) is 31.0 Å². The highest BCUT2D eigenvalue weighted by molar-refractivity contribution is 5.57. The molecule has 0 saturated heterocycles. The first-order valence-corrected chi connectivity index (χ1v) is 10.8. The molecule has 1 aromatic rings. The molecular formula is C23H29F3N2O. The molecule has 0 aromatic carbocycles. The fourth-order valence-corrected chi connectivity index (χ4v) is 7.19. The second-order valence-corrected chi connectivity index (χ2v) is 10.1. The largest absolute Gasteiger partial charge is 0.434 e. The van der Waals surface area contributed by atoms with E-state index < -0.39 is 11.9 Å². The molecule has 0 bridgehead atoms. The topological polar surface area (TPSA) is 38.0 Å². The van der Waals surface area contributed by atoms with Gasteiger partial charge in [-0.25, -0.2) is 4.98 Å². The number of hydrogen-bond acceptors (Lipinski definition) is 2. The molecule has 1 heterocycles. The Morgan fingerprint density at radius 1 is 1.07 bits per heavy atom. The lowest BCUT2D eigenvalue weighted by atomic mass is 9.48. The van der Waals surface area contributed by atoms with Crippen LogP contribution in [0.15, 0.2) is 30.2 Å². The first-order chi connectivity index (χ1) is 13.6. The molecule has 6 heteroatoms. The molecule has 3 nitrogen and oxygen atoms in total. The lowest BCUT2D eigenvalue weighted by Gasteiger charge is -2.57. The predicted octanol–water partition coefficient (Wildman–Crippen LogP) is 5.68. The van der Waals surface area contributed by atoms with Gasteiger partial charge in [0, 0.05) is 17.3 Å². The summed E-state index contributed by atoms with van der Waals surface area (Å²) in [5, 5.41) is 10.1. The number of fused-ring (bicyclic) bond motifs is 5. The van der Waals surface area contributed by atoms with Gasteiger partial charge in [0.1, 0.15) is 0 Å². The van der Waals surface area contributed by atoms with Crippen molar-refractivity contribution < 1.29 is 18.3 Å². The number of allylic oxidation sites excluding steroid dienone is 3. The van der Waals surface area contributed by atoms with Crippen molar-refractivity contribution in [2.45, 2.75) is 71.1 Å². The molecule has 1 aromatic heterocycles. The van der Waals surface area contributed by atoms with Crippen molar-refractivity contribution in [1.82, 2.24) is 9.55 Å². The van der Waals surface area contributed by atoms with Crippen LogP contribution in [-0.2, 0) is 6.18 Å². The second-order valence-electron chi connectivity index (χ2n) is 10.1. The zero-order valence-corrected chi connectivity index (χ0v) is 17.0. The first-order valence-electron chi connectivity index (χ1n) is 10.8. The third kappa shape index (κ3) is 2.77. The molecule has 4 aliphatic carbocycles. The summed E-state index contributed by atoms with van der Waals surface area (Å²) in [6, 6.07) is 0. The fourth-order valence-electron chi connectivity index (χ4n) is 7.19. The minimum atomic E-state index is -4.41. The van der Waals surface area contributed by atoms with Crippen LogP contribution in [0, 0.1) is 28.6 Å². The number of nitrogens with zero attached hydrogens (tertiary/aromatic N) is 2. The van der Waals surface area contributed by atoms with Crippen molar-refractivity contribution in [2.24, 2.45) is 28.6 Å². The van der Waals surface area contributed by atoms with Crippen molar-refractivity contribution in [1.29, 1.82) is 0 Å². The highest BCUT2D eigenvalue weighted by Gasteiger charge is 2.57. The monoisotopic (exact) mass is 406 g/mol. The minimum absolute atomic E-state index is 0.110. The van der Waals surface area contributed by atoms with Crippen LogP contribution >= 0.6 is 0 Å². The van der Waals surface area contributed by atoms with Crippen LogP contribution in [0.1, 0.15) is 64.5 Å². The van der Waals surface area contributed by atoms with Gasteiger partial charge in [-0.2, -0.15) is 13.2 Å². The van der Waals surface area contributed by atoms with Crippen molar-refractivity contribution in [3.8, 4) is 0 Å². The number of aliphatic hydroxyl groups is 1. The summed E-state index contributed by atoms with van der Waals surface area (Å²) in [4.78, 5) is 3.62. The van der Waals surface area contributed by atoms with Gasteiger partial charge in [-0.15, -0.1) is 0 Å². The van der Waals surface area contributed by atoms with Gasteiger partial charge < -0.3 is 9.67 Å². The van der Waals surface area contributed by atoms with E-state index in [4.69, 9.17) is 0 Å². The van der Waals surface area contributed by atoms with E-state index in [1.165, 1.54) is 11.9 Å². The fraction of sp³-hybridized carbons (Fsp3) is 0.696. The number of alkyl halides is 3. The number of aliphatic hydroxyl groups excluding tert-OH is 1. The summed E-state index contributed by atoms with van der Waals surface area (Å²) in [7, 11) is 0. The molecule has 5 rings (SSSR count). The zero-order chi connectivity index (χ0) is 20.6. The van der Waals surface area contributed by atoms with Gasteiger partial charge in [0.05, 0.1) is 12.4 Å². The number of imidazole rings is 1. The zero-order valence-electron chi connectivity index (χ0n) is 17.0. The first kappa shape index (κ1) is 19.4. The summed E-state index contributed by atoms with van der Waals surface area (Å²) in [6.07, 6.45) is 9.17. The molecule has 4 aliphatic rings. The average Bonchev–Trinajstić information content (AvgIpc) is 3.26. The normalized spacial score (nSPS) is 41.9. The van der Waals surface area contributed by atoms with E-state index in [0.29, 0.717) is 17.8 Å². The SMILES string of the molecule is C[C@]12CC[C@H](O)CC1=CCC1C2CC[C@]2(C)C(n3cnc(C(F)(F)F)c3)=CCC12. The van der Waals surface area contributed by atoms with Crippen molar-refractivity contribution in [2.75, 3.05) is 0 Å². The summed E-state index contributed by atoms with van der Waals surface area (Å²) >= 11 is 0. The molecule has 2 saturated carbocycles. The number of aromatic nitrogens is 2. The van der Waals surface area contributed by atoms with Crippen LogP contribution in [-0.4, -0.2) is 20.8 Å². The average molecular weight is 406 g/mol. The van der Waals surface area contributed by atoms with Gasteiger partial charge in [0.2, 0.25) is 0 Å². The smallest absolute Gasteiger partial charge is 0.393 e. The quantitative estimate of drug-likeness (QED) is 0.610. The van der Waals surface area contributed by atoms with Gasteiger partial charge in [-0.3, -0.25) is 0 Å². The van der Waals surface area contributed by atoms with Crippen LogP contribution in [0.4, 0.5) is 13.2 Å². The van der Waals surface area contributed by atoms with E-state index in [1.807, 2.05) is 0 Å². The van der Waals surface area contributed by atoms with Crippen LogP contribution in [0.25, 0.3) is 5.70 Å². The Balaban J connectivity index is 1.44. The second kappa shape index (κ2) is 6.22. The standard InChI is InChI=1S/C23H29F3N2O/c1-21-9-7-15(29)11-14(21)3-4-16-17-5-6-20(22(17,2)10-8-18(16)21)28-12-19(27-13-28)23(24,25)26/h3,6,12-13,15-18,29H,4-5,7-11H2,1-2H3/t15-,16?,17?,18?,21-,22-/m0/s1. The lowest BCUT2D eigenvalue weighted by Crippen LogP contribution is -2.50. The van der Waals surface area contributed by atoms with E-state index in [0.717, 1.165) is 56.8 Å².